The molecule has 0 spiro atoms. The van der Waals surface area contributed by atoms with Gasteiger partial charge in [0.25, 0.3) is 5.91 Å². The molecule has 0 atom stereocenters. The van der Waals surface area contributed by atoms with Gasteiger partial charge in [0, 0.05) is 36.3 Å². The summed E-state index contributed by atoms with van der Waals surface area (Å²) in [6.45, 7) is 0. The standard InChI is InChI=1S/C16H15N5O3/c1-23-12-7-11(8-13(9-12)24-2)18-16(22)14-3-4-15(20-19-14)21-6-5-17-10-21/h3-10H,1-2H3,(H,18,22). The first kappa shape index (κ1) is 15.5. The number of rotatable bonds is 5. The van der Waals surface area contributed by atoms with Crippen molar-refractivity contribution in [2.45, 2.75) is 0 Å². The number of ether oxygens (including phenoxy) is 2. The molecule has 1 amide bonds. The number of nitrogens with zero attached hydrogens (tertiary/aromatic N) is 4. The molecule has 1 N–H and O–H groups in total. The summed E-state index contributed by atoms with van der Waals surface area (Å²) in [6.07, 6.45) is 4.98. The summed E-state index contributed by atoms with van der Waals surface area (Å²) in [5, 5.41) is 10.7. The third-order valence-electron chi connectivity index (χ3n) is 3.26. The van der Waals surface area contributed by atoms with Crippen molar-refractivity contribution in [2.75, 3.05) is 19.5 Å². The molecule has 24 heavy (non-hydrogen) atoms. The molecule has 0 bridgehead atoms. The van der Waals surface area contributed by atoms with E-state index in [1.54, 1.807) is 67.8 Å². The minimum Gasteiger partial charge on any atom is -0.497 e. The van der Waals surface area contributed by atoms with Crippen LogP contribution in [-0.2, 0) is 0 Å². The van der Waals surface area contributed by atoms with Gasteiger partial charge in [-0.05, 0) is 12.1 Å². The number of carbonyl (C=O) groups is 1. The van der Waals surface area contributed by atoms with Gasteiger partial charge in [0.1, 0.15) is 17.8 Å². The van der Waals surface area contributed by atoms with E-state index in [1.807, 2.05) is 0 Å². The van der Waals surface area contributed by atoms with Crippen molar-refractivity contribution in [3.8, 4) is 17.3 Å². The monoisotopic (exact) mass is 325 g/mol. The van der Waals surface area contributed by atoms with E-state index in [9.17, 15) is 4.79 Å². The van der Waals surface area contributed by atoms with Crippen LogP contribution in [0.15, 0.2) is 49.1 Å². The van der Waals surface area contributed by atoms with Crippen LogP contribution in [0, 0.1) is 0 Å². The van der Waals surface area contributed by atoms with Gasteiger partial charge >= 0.3 is 0 Å². The predicted octanol–water partition coefficient (Wildman–Crippen LogP) is 1.93. The molecule has 0 saturated heterocycles. The Balaban J connectivity index is 1.77. The highest BCUT2D eigenvalue weighted by Gasteiger charge is 2.11. The lowest BCUT2D eigenvalue weighted by molar-refractivity contribution is 0.102. The van der Waals surface area contributed by atoms with Crippen LogP contribution in [0.25, 0.3) is 5.82 Å². The SMILES string of the molecule is COc1cc(NC(=O)c2ccc(-n3ccnc3)nn2)cc(OC)c1. The minimum absolute atomic E-state index is 0.195. The fourth-order valence-electron chi connectivity index (χ4n) is 2.05. The van der Waals surface area contributed by atoms with Crippen molar-refractivity contribution in [3.63, 3.8) is 0 Å². The Morgan fingerprint density at radius 1 is 1.08 bits per heavy atom. The number of amides is 1. The molecule has 122 valence electrons. The number of hydrogen-bond acceptors (Lipinski definition) is 6. The summed E-state index contributed by atoms with van der Waals surface area (Å²) < 4.78 is 12.0. The first-order chi connectivity index (χ1) is 11.7. The summed E-state index contributed by atoms with van der Waals surface area (Å²) in [4.78, 5) is 16.2. The molecule has 3 rings (SSSR count). The van der Waals surface area contributed by atoms with Crippen LogP contribution in [0.3, 0.4) is 0 Å². The lowest BCUT2D eigenvalue weighted by atomic mass is 10.2. The van der Waals surface area contributed by atoms with Gasteiger partial charge in [0.15, 0.2) is 11.5 Å². The van der Waals surface area contributed by atoms with Gasteiger partial charge in [-0.15, -0.1) is 10.2 Å². The van der Waals surface area contributed by atoms with Crippen molar-refractivity contribution >= 4 is 11.6 Å². The molecule has 3 aromatic rings. The third-order valence-corrected chi connectivity index (χ3v) is 3.26. The molecule has 0 aliphatic heterocycles. The number of hydrogen-bond donors (Lipinski definition) is 1. The summed E-state index contributed by atoms with van der Waals surface area (Å²) in [5.41, 5.74) is 0.734. The molecule has 2 aromatic heterocycles. The maximum Gasteiger partial charge on any atom is 0.276 e. The van der Waals surface area contributed by atoms with Crippen LogP contribution < -0.4 is 14.8 Å². The fourth-order valence-corrected chi connectivity index (χ4v) is 2.05. The summed E-state index contributed by atoms with van der Waals surface area (Å²) >= 11 is 0. The third kappa shape index (κ3) is 3.32. The van der Waals surface area contributed by atoms with Crippen molar-refractivity contribution in [1.29, 1.82) is 0 Å². The fraction of sp³-hybridized carbons (Fsp3) is 0.125. The Hall–Kier alpha value is -3.42. The van der Waals surface area contributed by atoms with Crippen LogP contribution in [-0.4, -0.2) is 39.9 Å². The number of anilines is 1. The Kier molecular flexibility index (Phi) is 4.37. The average molecular weight is 325 g/mol. The van der Waals surface area contributed by atoms with Gasteiger partial charge in [-0.3, -0.25) is 9.36 Å². The molecule has 0 aliphatic carbocycles. The lowest BCUT2D eigenvalue weighted by Gasteiger charge is -2.09. The second-order valence-corrected chi connectivity index (χ2v) is 4.80. The minimum atomic E-state index is -0.380. The second kappa shape index (κ2) is 6.78. The molecular formula is C16H15N5O3. The normalized spacial score (nSPS) is 10.2. The van der Waals surface area contributed by atoms with E-state index in [0.717, 1.165) is 0 Å². The van der Waals surface area contributed by atoms with Gasteiger partial charge in [-0.1, -0.05) is 0 Å². The molecule has 0 unspecified atom stereocenters. The van der Waals surface area contributed by atoms with Crippen LogP contribution in [0.2, 0.25) is 0 Å². The van der Waals surface area contributed by atoms with Crippen LogP contribution in [0.1, 0.15) is 10.5 Å². The zero-order valence-corrected chi connectivity index (χ0v) is 13.1. The Morgan fingerprint density at radius 2 is 1.83 bits per heavy atom. The van der Waals surface area contributed by atoms with E-state index in [0.29, 0.717) is 23.0 Å². The Labute approximate surface area is 138 Å². The molecule has 0 saturated carbocycles. The van der Waals surface area contributed by atoms with Gasteiger partial charge in [-0.2, -0.15) is 0 Å². The largest absolute Gasteiger partial charge is 0.497 e. The molecule has 2 heterocycles. The van der Waals surface area contributed by atoms with E-state index in [2.05, 4.69) is 20.5 Å². The quantitative estimate of drug-likeness (QED) is 0.771. The van der Waals surface area contributed by atoms with E-state index in [1.165, 1.54) is 0 Å². The zero-order chi connectivity index (χ0) is 16.9. The van der Waals surface area contributed by atoms with Gasteiger partial charge in [-0.25, -0.2) is 4.98 Å². The maximum atomic E-state index is 12.3. The molecule has 0 radical (unpaired) electrons. The smallest absolute Gasteiger partial charge is 0.276 e. The summed E-state index contributed by atoms with van der Waals surface area (Å²) in [6, 6.07) is 8.38. The van der Waals surface area contributed by atoms with Crippen molar-refractivity contribution < 1.29 is 14.3 Å². The van der Waals surface area contributed by atoms with Crippen LogP contribution >= 0.6 is 0 Å². The second-order valence-electron chi connectivity index (χ2n) is 4.80. The molecular weight excluding hydrogens is 310 g/mol. The van der Waals surface area contributed by atoms with E-state index < -0.39 is 0 Å². The summed E-state index contributed by atoms with van der Waals surface area (Å²) in [5.74, 6) is 1.35. The highest BCUT2D eigenvalue weighted by Crippen LogP contribution is 2.26. The number of carbonyl (C=O) groups excluding carboxylic acids is 1. The zero-order valence-electron chi connectivity index (χ0n) is 13.1. The number of aromatic nitrogens is 4. The first-order valence-corrected chi connectivity index (χ1v) is 7.06. The number of imidazole rings is 1. The predicted molar refractivity (Wildman–Crippen MR) is 86.7 cm³/mol. The van der Waals surface area contributed by atoms with Gasteiger partial charge < -0.3 is 14.8 Å². The maximum absolute atomic E-state index is 12.3. The number of benzene rings is 1. The average Bonchev–Trinajstić information content (AvgIpc) is 3.16. The van der Waals surface area contributed by atoms with E-state index in [-0.39, 0.29) is 11.6 Å². The highest BCUT2D eigenvalue weighted by molar-refractivity contribution is 6.03. The van der Waals surface area contributed by atoms with Crippen LogP contribution in [0.5, 0.6) is 11.5 Å². The lowest BCUT2D eigenvalue weighted by Crippen LogP contribution is -2.15. The number of nitrogens with one attached hydrogen (secondary N) is 1. The Bertz CT molecular complexity index is 809. The van der Waals surface area contributed by atoms with Crippen molar-refractivity contribution in [3.05, 3.63) is 54.7 Å². The van der Waals surface area contributed by atoms with Crippen molar-refractivity contribution in [1.82, 2.24) is 19.7 Å². The van der Waals surface area contributed by atoms with E-state index >= 15 is 0 Å². The molecule has 1 aromatic carbocycles. The number of methoxy groups -OCH3 is 2. The van der Waals surface area contributed by atoms with E-state index in [4.69, 9.17) is 9.47 Å². The Morgan fingerprint density at radius 3 is 2.38 bits per heavy atom. The van der Waals surface area contributed by atoms with Gasteiger partial charge in [0.2, 0.25) is 0 Å². The molecule has 0 fully saturated rings. The molecule has 8 nitrogen and oxygen atoms in total. The van der Waals surface area contributed by atoms with Crippen molar-refractivity contribution in [2.24, 2.45) is 0 Å². The van der Waals surface area contributed by atoms with Gasteiger partial charge in [0.05, 0.1) is 14.2 Å². The molecule has 8 heteroatoms. The topological polar surface area (TPSA) is 91.2 Å². The summed E-state index contributed by atoms with van der Waals surface area (Å²) in [7, 11) is 3.08. The highest BCUT2D eigenvalue weighted by atomic mass is 16.5. The molecule has 0 aliphatic rings. The van der Waals surface area contributed by atoms with Crippen LogP contribution in [0.4, 0.5) is 5.69 Å². The first-order valence-electron chi connectivity index (χ1n) is 7.06.